The van der Waals surface area contributed by atoms with Crippen LogP contribution in [0.2, 0.25) is 0 Å². The van der Waals surface area contributed by atoms with Crippen molar-refractivity contribution in [1.29, 1.82) is 0 Å². The van der Waals surface area contributed by atoms with Crippen LogP contribution in [0.4, 0.5) is 0 Å². The fraction of sp³-hybridized carbons (Fsp3) is 0.500. The number of likely N-dealkylation sites (tertiary alicyclic amines) is 1. The number of hydrogen-bond donors (Lipinski definition) is 0. The predicted octanol–water partition coefficient (Wildman–Crippen LogP) is 3.55. The van der Waals surface area contributed by atoms with Crippen molar-refractivity contribution in [3.05, 3.63) is 46.9 Å². The normalized spacial score (nSPS) is 15.9. The van der Waals surface area contributed by atoms with Gasteiger partial charge in [-0.05, 0) is 42.8 Å². The summed E-state index contributed by atoms with van der Waals surface area (Å²) >= 11 is 1.84. The summed E-state index contributed by atoms with van der Waals surface area (Å²) in [6, 6.07) is 8.61. The molecule has 0 aromatic carbocycles. The van der Waals surface area contributed by atoms with E-state index in [9.17, 15) is 4.79 Å². The first-order chi connectivity index (χ1) is 11.3. The lowest BCUT2D eigenvalue weighted by Crippen LogP contribution is -2.52. The van der Waals surface area contributed by atoms with Crippen molar-refractivity contribution < 1.29 is 4.79 Å². The Morgan fingerprint density at radius 1 is 1.25 bits per heavy atom. The van der Waals surface area contributed by atoms with E-state index in [2.05, 4.69) is 22.4 Å². The number of hydrogen-bond acceptors (Lipinski definition) is 3. The van der Waals surface area contributed by atoms with Gasteiger partial charge in [0.15, 0.2) is 0 Å². The summed E-state index contributed by atoms with van der Waals surface area (Å²) in [5.74, 6) is 0.207. The maximum atomic E-state index is 12.4. The van der Waals surface area contributed by atoms with Gasteiger partial charge in [-0.2, -0.15) is 0 Å². The van der Waals surface area contributed by atoms with Crippen molar-refractivity contribution in [3.63, 3.8) is 0 Å². The second-order valence-electron chi connectivity index (χ2n) is 6.06. The molecule has 4 nitrogen and oxygen atoms in total. The summed E-state index contributed by atoms with van der Waals surface area (Å²) < 4.78 is 1.96. The van der Waals surface area contributed by atoms with Gasteiger partial charge in [0, 0.05) is 43.3 Å². The van der Waals surface area contributed by atoms with E-state index in [0.717, 1.165) is 38.9 Å². The molecule has 0 radical (unpaired) electrons. The molecule has 2 aromatic heterocycles. The number of carbonyl (C=O) groups excluding carboxylic acids is 1. The Morgan fingerprint density at radius 2 is 1.96 bits per heavy atom. The molecule has 3 heterocycles. The molecule has 0 unspecified atom stereocenters. The molecular weight excluding hydrogens is 342 g/mol. The molecule has 1 fully saturated rings. The number of piperidine rings is 1. The number of aromatic nitrogens is 1. The lowest BCUT2D eigenvalue weighted by molar-refractivity contribution is -0.120. The Bertz CT molecular complexity index is 592. The van der Waals surface area contributed by atoms with Crippen LogP contribution in [0.25, 0.3) is 0 Å². The van der Waals surface area contributed by atoms with E-state index < -0.39 is 0 Å². The average molecular weight is 368 g/mol. The Morgan fingerprint density at radius 3 is 2.54 bits per heavy atom. The van der Waals surface area contributed by atoms with E-state index in [0.29, 0.717) is 12.5 Å². The molecular formula is C18H26ClN3OS. The zero-order valence-corrected chi connectivity index (χ0v) is 15.8. The van der Waals surface area contributed by atoms with E-state index in [1.54, 1.807) is 0 Å². The number of rotatable bonds is 6. The zero-order valence-electron chi connectivity index (χ0n) is 14.1. The Kier molecular flexibility index (Phi) is 7.34. The largest absolute Gasteiger partial charge is 0.303 e. The SMILES string of the molecule is CCC(=O)N(C1CCN(CCc2cccs2)CC1)n1cccc1.Cl. The highest BCUT2D eigenvalue weighted by molar-refractivity contribution is 7.09. The quantitative estimate of drug-likeness (QED) is 0.781. The van der Waals surface area contributed by atoms with Crippen LogP contribution in [-0.4, -0.2) is 41.2 Å². The molecule has 24 heavy (non-hydrogen) atoms. The van der Waals surface area contributed by atoms with Gasteiger partial charge in [-0.25, -0.2) is 5.01 Å². The molecule has 1 aliphatic heterocycles. The van der Waals surface area contributed by atoms with Crippen molar-refractivity contribution in [3.8, 4) is 0 Å². The van der Waals surface area contributed by atoms with E-state index in [1.165, 1.54) is 4.88 Å². The van der Waals surface area contributed by atoms with Gasteiger partial charge in [0.1, 0.15) is 0 Å². The molecule has 2 aromatic rings. The summed E-state index contributed by atoms with van der Waals surface area (Å²) in [7, 11) is 0. The maximum Gasteiger partial charge on any atom is 0.241 e. The average Bonchev–Trinajstić information content (AvgIpc) is 3.28. The molecule has 6 heteroatoms. The van der Waals surface area contributed by atoms with Crippen molar-refractivity contribution in [2.24, 2.45) is 0 Å². The van der Waals surface area contributed by atoms with Crippen LogP contribution >= 0.6 is 23.7 Å². The Hall–Kier alpha value is -1.30. The summed E-state index contributed by atoms with van der Waals surface area (Å²) in [5, 5.41) is 4.10. The molecule has 0 aliphatic carbocycles. The molecule has 1 aliphatic rings. The number of nitrogens with zero attached hydrogens (tertiary/aromatic N) is 3. The number of amides is 1. The molecule has 0 spiro atoms. The van der Waals surface area contributed by atoms with Crippen molar-refractivity contribution in [1.82, 2.24) is 9.58 Å². The Balaban J connectivity index is 0.00000208. The van der Waals surface area contributed by atoms with Crippen LogP contribution in [0.3, 0.4) is 0 Å². The van der Waals surface area contributed by atoms with E-state index in [-0.39, 0.29) is 18.3 Å². The third kappa shape index (κ3) is 4.62. The van der Waals surface area contributed by atoms with E-state index >= 15 is 0 Å². The van der Waals surface area contributed by atoms with Crippen LogP contribution in [-0.2, 0) is 11.2 Å². The van der Waals surface area contributed by atoms with Crippen LogP contribution in [0.1, 0.15) is 31.1 Å². The lowest BCUT2D eigenvalue weighted by atomic mass is 10.0. The third-order valence-electron chi connectivity index (χ3n) is 4.55. The lowest BCUT2D eigenvalue weighted by Gasteiger charge is -2.38. The van der Waals surface area contributed by atoms with Crippen LogP contribution in [0.15, 0.2) is 42.0 Å². The van der Waals surface area contributed by atoms with Gasteiger partial charge in [0.25, 0.3) is 0 Å². The molecule has 0 N–H and O–H groups in total. The third-order valence-corrected chi connectivity index (χ3v) is 5.49. The minimum absolute atomic E-state index is 0. The van der Waals surface area contributed by atoms with Crippen LogP contribution in [0, 0.1) is 0 Å². The number of halogens is 1. The van der Waals surface area contributed by atoms with E-state index in [4.69, 9.17) is 0 Å². The molecule has 132 valence electrons. The summed E-state index contributed by atoms with van der Waals surface area (Å²) in [5.41, 5.74) is 0. The molecule has 1 amide bonds. The van der Waals surface area contributed by atoms with Gasteiger partial charge in [0.05, 0.1) is 6.04 Å². The van der Waals surface area contributed by atoms with Crippen molar-refractivity contribution >= 4 is 29.7 Å². The first kappa shape index (κ1) is 19.0. The fourth-order valence-electron chi connectivity index (χ4n) is 3.26. The zero-order chi connectivity index (χ0) is 16.1. The minimum Gasteiger partial charge on any atom is -0.303 e. The van der Waals surface area contributed by atoms with Crippen molar-refractivity contribution in [2.45, 2.75) is 38.6 Å². The standard InChI is InChI=1S/C18H25N3OS.ClH/c1-2-18(22)21(20-10-3-4-11-20)16-7-12-19(13-8-16)14-9-17-6-5-15-23-17;/h3-6,10-11,15-16H,2,7-9,12-14H2,1H3;1H. The topological polar surface area (TPSA) is 28.5 Å². The van der Waals surface area contributed by atoms with Gasteiger partial charge in [-0.1, -0.05) is 13.0 Å². The van der Waals surface area contributed by atoms with E-state index in [1.807, 2.05) is 52.5 Å². The van der Waals surface area contributed by atoms with Gasteiger partial charge in [-0.15, -0.1) is 23.7 Å². The second-order valence-corrected chi connectivity index (χ2v) is 7.09. The maximum absolute atomic E-state index is 12.4. The first-order valence-electron chi connectivity index (χ1n) is 8.48. The van der Waals surface area contributed by atoms with Crippen molar-refractivity contribution in [2.75, 3.05) is 24.6 Å². The highest BCUT2D eigenvalue weighted by atomic mass is 35.5. The number of carbonyl (C=O) groups is 1. The number of thiophene rings is 1. The summed E-state index contributed by atoms with van der Waals surface area (Å²) in [6.07, 6.45) is 7.73. The van der Waals surface area contributed by atoms with Gasteiger partial charge < -0.3 is 4.90 Å². The predicted molar refractivity (Wildman–Crippen MR) is 103 cm³/mol. The monoisotopic (exact) mass is 367 g/mol. The summed E-state index contributed by atoms with van der Waals surface area (Å²) in [4.78, 5) is 16.4. The van der Waals surface area contributed by atoms with Gasteiger partial charge in [-0.3, -0.25) is 9.47 Å². The highest BCUT2D eigenvalue weighted by Gasteiger charge is 2.28. The van der Waals surface area contributed by atoms with Gasteiger partial charge >= 0.3 is 0 Å². The molecule has 3 rings (SSSR count). The molecule has 0 bridgehead atoms. The summed E-state index contributed by atoms with van der Waals surface area (Å²) in [6.45, 7) is 5.21. The van der Waals surface area contributed by atoms with Crippen LogP contribution < -0.4 is 5.01 Å². The van der Waals surface area contributed by atoms with Crippen LogP contribution in [0.5, 0.6) is 0 Å². The molecule has 1 saturated heterocycles. The second kappa shape index (κ2) is 9.25. The molecule has 0 saturated carbocycles. The highest BCUT2D eigenvalue weighted by Crippen LogP contribution is 2.18. The first-order valence-corrected chi connectivity index (χ1v) is 9.36. The Labute approximate surface area is 154 Å². The smallest absolute Gasteiger partial charge is 0.241 e. The molecule has 0 atom stereocenters. The van der Waals surface area contributed by atoms with Gasteiger partial charge in [0.2, 0.25) is 5.91 Å². The fourth-order valence-corrected chi connectivity index (χ4v) is 3.96. The minimum atomic E-state index is 0.